The molecule has 1 aliphatic rings. The maximum Gasteiger partial charge on any atom is 0.0809 e. The number of hydrogen-bond donors (Lipinski definition) is 1. The van der Waals surface area contributed by atoms with Crippen LogP contribution in [0.15, 0.2) is 0 Å². The Morgan fingerprint density at radius 3 is 2.42 bits per heavy atom. The molecule has 1 atom stereocenters. The van der Waals surface area contributed by atoms with E-state index in [1.165, 1.54) is 64.2 Å². The van der Waals surface area contributed by atoms with E-state index in [2.05, 4.69) is 26.1 Å². The third kappa shape index (κ3) is 6.76. The fraction of sp³-hybridized carbons (Fsp3) is 1.00. The quantitative estimate of drug-likeness (QED) is 0.550. The van der Waals surface area contributed by atoms with Crippen LogP contribution < -0.4 is 5.32 Å². The Morgan fingerprint density at radius 1 is 1.05 bits per heavy atom. The van der Waals surface area contributed by atoms with Gasteiger partial charge in [0.25, 0.3) is 0 Å². The zero-order chi connectivity index (χ0) is 14.0. The van der Waals surface area contributed by atoms with E-state index in [9.17, 15) is 0 Å². The molecule has 0 aromatic rings. The zero-order valence-corrected chi connectivity index (χ0v) is 13.5. The lowest BCUT2D eigenvalue weighted by Crippen LogP contribution is -2.43. The predicted octanol–water partition coefficient (Wildman–Crippen LogP) is 4.67. The number of unbranched alkanes of at least 4 members (excludes halogenated alkanes) is 3. The van der Waals surface area contributed by atoms with Gasteiger partial charge >= 0.3 is 0 Å². The molecule has 0 amide bonds. The number of hydrogen-bond acceptors (Lipinski definition) is 2. The van der Waals surface area contributed by atoms with Crippen LogP contribution in [0.3, 0.4) is 0 Å². The Balaban J connectivity index is 2.27. The van der Waals surface area contributed by atoms with Crippen LogP contribution in [0.5, 0.6) is 0 Å². The summed E-state index contributed by atoms with van der Waals surface area (Å²) in [6.07, 6.45) is 13.4. The lowest BCUT2D eigenvalue weighted by atomic mass is 10.0. The van der Waals surface area contributed by atoms with Crippen molar-refractivity contribution in [1.82, 2.24) is 5.32 Å². The third-order valence-electron chi connectivity index (χ3n) is 4.30. The van der Waals surface area contributed by atoms with Gasteiger partial charge in [0.15, 0.2) is 0 Å². The fourth-order valence-electron chi connectivity index (χ4n) is 3.19. The summed E-state index contributed by atoms with van der Waals surface area (Å²) in [5, 5.41) is 3.57. The van der Waals surface area contributed by atoms with E-state index in [0.29, 0.717) is 6.10 Å². The van der Waals surface area contributed by atoms with Crippen molar-refractivity contribution in [3.63, 3.8) is 0 Å². The minimum Gasteiger partial charge on any atom is -0.371 e. The van der Waals surface area contributed by atoms with E-state index < -0.39 is 0 Å². The highest BCUT2D eigenvalue weighted by Crippen LogP contribution is 2.34. The largest absolute Gasteiger partial charge is 0.371 e. The van der Waals surface area contributed by atoms with Crippen LogP contribution in [0.2, 0.25) is 0 Å². The Hall–Kier alpha value is -0.0800. The van der Waals surface area contributed by atoms with Gasteiger partial charge in [-0.3, -0.25) is 0 Å². The fourth-order valence-corrected chi connectivity index (χ4v) is 3.19. The molecule has 1 saturated carbocycles. The van der Waals surface area contributed by atoms with Gasteiger partial charge in [0.05, 0.1) is 11.7 Å². The van der Waals surface area contributed by atoms with Gasteiger partial charge in [0.1, 0.15) is 0 Å². The van der Waals surface area contributed by atoms with Gasteiger partial charge in [-0.1, -0.05) is 52.4 Å². The molecule has 0 bridgehead atoms. The summed E-state index contributed by atoms with van der Waals surface area (Å²) in [7, 11) is 0. The van der Waals surface area contributed by atoms with Gasteiger partial charge in [-0.2, -0.15) is 0 Å². The van der Waals surface area contributed by atoms with Crippen LogP contribution in [0.25, 0.3) is 0 Å². The lowest BCUT2D eigenvalue weighted by molar-refractivity contribution is -0.0844. The Kier molecular flexibility index (Phi) is 8.72. The summed E-state index contributed by atoms with van der Waals surface area (Å²) < 4.78 is 6.46. The first kappa shape index (κ1) is 17.0. The molecule has 0 aromatic carbocycles. The predicted molar refractivity (Wildman–Crippen MR) is 83.7 cm³/mol. The highest BCUT2D eigenvalue weighted by atomic mass is 16.5. The van der Waals surface area contributed by atoms with Crippen molar-refractivity contribution in [2.75, 3.05) is 13.1 Å². The molecule has 0 spiro atoms. The summed E-state index contributed by atoms with van der Waals surface area (Å²) in [4.78, 5) is 0. The molecule has 1 fully saturated rings. The van der Waals surface area contributed by atoms with Crippen LogP contribution in [-0.4, -0.2) is 24.8 Å². The molecule has 0 radical (unpaired) electrons. The number of nitrogens with one attached hydrogen (secondary N) is 1. The topological polar surface area (TPSA) is 21.3 Å². The minimum absolute atomic E-state index is 0.152. The van der Waals surface area contributed by atoms with Gasteiger partial charge in [-0.05, 0) is 39.2 Å². The Morgan fingerprint density at radius 2 is 1.79 bits per heavy atom. The Bertz CT molecular complexity index is 211. The normalized spacial score (nSPS) is 19.7. The number of rotatable bonds is 11. The average molecular weight is 269 g/mol. The minimum atomic E-state index is 0.152. The van der Waals surface area contributed by atoms with Crippen molar-refractivity contribution >= 4 is 0 Å². The van der Waals surface area contributed by atoms with Crippen LogP contribution >= 0.6 is 0 Å². The molecular weight excluding hydrogens is 234 g/mol. The van der Waals surface area contributed by atoms with Crippen molar-refractivity contribution in [2.45, 2.75) is 96.7 Å². The van der Waals surface area contributed by atoms with Gasteiger partial charge in [-0.25, -0.2) is 0 Å². The molecule has 2 nitrogen and oxygen atoms in total. The van der Waals surface area contributed by atoms with E-state index in [-0.39, 0.29) is 5.60 Å². The van der Waals surface area contributed by atoms with Crippen molar-refractivity contribution in [1.29, 1.82) is 0 Å². The van der Waals surface area contributed by atoms with Gasteiger partial charge < -0.3 is 10.1 Å². The molecular formula is C17H35NO. The van der Waals surface area contributed by atoms with Crippen LogP contribution in [0, 0.1) is 0 Å². The summed E-state index contributed by atoms with van der Waals surface area (Å²) in [6.45, 7) is 8.94. The molecule has 1 N–H and O–H groups in total. The van der Waals surface area contributed by atoms with E-state index in [1.54, 1.807) is 0 Å². The first-order valence-corrected chi connectivity index (χ1v) is 8.61. The molecule has 0 heterocycles. The number of ether oxygens (including phenoxy) is 1. The lowest BCUT2D eigenvalue weighted by Gasteiger charge is -2.33. The first-order chi connectivity index (χ1) is 9.22. The van der Waals surface area contributed by atoms with E-state index in [0.717, 1.165) is 13.1 Å². The second kappa shape index (κ2) is 9.77. The third-order valence-corrected chi connectivity index (χ3v) is 4.30. The van der Waals surface area contributed by atoms with E-state index in [1.807, 2.05) is 0 Å². The zero-order valence-electron chi connectivity index (χ0n) is 13.5. The molecule has 1 rings (SSSR count). The van der Waals surface area contributed by atoms with Crippen LogP contribution in [0.4, 0.5) is 0 Å². The molecule has 0 aromatic heterocycles. The van der Waals surface area contributed by atoms with Gasteiger partial charge in [-0.15, -0.1) is 0 Å². The summed E-state index contributed by atoms with van der Waals surface area (Å²) in [5.74, 6) is 0. The van der Waals surface area contributed by atoms with E-state index >= 15 is 0 Å². The molecule has 2 heteroatoms. The smallest absolute Gasteiger partial charge is 0.0809 e. The van der Waals surface area contributed by atoms with Crippen molar-refractivity contribution in [3.05, 3.63) is 0 Å². The van der Waals surface area contributed by atoms with Crippen LogP contribution in [-0.2, 0) is 4.74 Å². The van der Waals surface area contributed by atoms with Crippen molar-refractivity contribution in [3.8, 4) is 0 Å². The standard InChI is InChI=1S/C17H35NO/c1-4-6-7-8-11-16(3)19-17(12-9-10-13-17)15-18-14-5-2/h16,18H,4-15H2,1-3H3. The summed E-state index contributed by atoms with van der Waals surface area (Å²) in [6, 6.07) is 0. The maximum atomic E-state index is 6.46. The second-order valence-electron chi connectivity index (χ2n) is 6.34. The van der Waals surface area contributed by atoms with Gasteiger partial charge in [0, 0.05) is 6.54 Å². The maximum absolute atomic E-state index is 6.46. The summed E-state index contributed by atoms with van der Waals surface area (Å²) in [5.41, 5.74) is 0.152. The average Bonchev–Trinajstić information content (AvgIpc) is 2.84. The van der Waals surface area contributed by atoms with Crippen molar-refractivity contribution in [2.24, 2.45) is 0 Å². The Labute approximate surface area is 120 Å². The molecule has 114 valence electrons. The molecule has 1 aliphatic carbocycles. The second-order valence-corrected chi connectivity index (χ2v) is 6.34. The molecule has 19 heavy (non-hydrogen) atoms. The molecule has 0 saturated heterocycles. The van der Waals surface area contributed by atoms with Crippen LogP contribution in [0.1, 0.15) is 85.0 Å². The van der Waals surface area contributed by atoms with Crippen molar-refractivity contribution < 1.29 is 4.74 Å². The van der Waals surface area contributed by atoms with Gasteiger partial charge in [0.2, 0.25) is 0 Å². The molecule has 0 aliphatic heterocycles. The summed E-state index contributed by atoms with van der Waals surface area (Å²) >= 11 is 0. The van der Waals surface area contributed by atoms with E-state index in [4.69, 9.17) is 4.74 Å². The molecule has 1 unspecified atom stereocenters. The monoisotopic (exact) mass is 269 g/mol. The highest BCUT2D eigenvalue weighted by molar-refractivity contribution is 4.89. The SMILES string of the molecule is CCCCCCC(C)OC1(CNCCC)CCCC1. The highest BCUT2D eigenvalue weighted by Gasteiger charge is 2.35. The first-order valence-electron chi connectivity index (χ1n) is 8.61.